The highest BCUT2D eigenvalue weighted by atomic mass is 16.5. The Morgan fingerprint density at radius 3 is 2.94 bits per heavy atom. The molecule has 0 saturated heterocycles. The van der Waals surface area contributed by atoms with Crippen molar-refractivity contribution in [2.75, 3.05) is 6.61 Å². The molecule has 1 N–H and O–H groups in total. The summed E-state index contributed by atoms with van der Waals surface area (Å²) in [6, 6.07) is 6.91. The average molecular weight is 231 g/mol. The molecule has 5 heteroatoms. The number of rotatable bonds is 4. The van der Waals surface area contributed by atoms with Crippen LogP contribution in [0.5, 0.6) is 5.75 Å². The lowest BCUT2D eigenvalue weighted by molar-refractivity contribution is -0.127. The van der Waals surface area contributed by atoms with Crippen LogP contribution in [-0.4, -0.2) is 29.0 Å². The van der Waals surface area contributed by atoms with E-state index in [9.17, 15) is 14.7 Å². The molecule has 0 saturated carbocycles. The van der Waals surface area contributed by atoms with Crippen LogP contribution in [0.4, 0.5) is 0 Å². The summed E-state index contributed by atoms with van der Waals surface area (Å²) in [5.41, 5.74) is 0.642. The number of ketones is 1. The number of nitrogens with zero attached hydrogens (tertiary/aromatic N) is 1. The van der Waals surface area contributed by atoms with Gasteiger partial charge in [0.25, 0.3) is 6.47 Å². The van der Waals surface area contributed by atoms with E-state index in [0.717, 1.165) is 0 Å². The third-order valence-corrected chi connectivity index (χ3v) is 2.33. The number of fused-ring (bicyclic) bond motifs is 1. The predicted molar refractivity (Wildman–Crippen MR) is 59.8 cm³/mol. The van der Waals surface area contributed by atoms with Gasteiger partial charge in [0, 0.05) is 11.6 Å². The van der Waals surface area contributed by atoms with Gasteiger partial charge in [0.2, 0.25) is 5.78 Å². The zero-order chi connectivity index (χ0) is 12.3. The molecule has 2 aromatic rings. The van der Waals surface area contributed by atoms with Gasteiger partial charge < -0.3 is 9.84 Å². The fraction of sp³-hybridized carbons (Fsp3) is 0.0833. The minimum atomic E-state index is -0.493. The second-order valence-electron chi connectivity index (χ2n) is 3.37. The first-order chi connectivity index (χ1) is 8.24. The highest BCUT2D eigenvalue weighted by Gasteiger charge is 2.14. The number of aromatic nitrogens is 1. The highest BCUT2D eigenvalue weighted by molar-refractivity contribution is 6.04. The number of para-hydroxylation sites is 1. The van der Waals surface area contributed by atoms with Crippen molar-refractivity contribution in [1.29, 1.82) is 0 Å². The third kappa shape index (κ3) is 2.08. The first kappa shape index (κ1) is 11.1. The zero-order valence-electron chi connectivity index (χ0n) is 8.79. The number of pyridine rings is 1. The maximum Gasteiger partial charge on any atom is 0.293 e. The summed E-state index contributed by atoms with van der Waals surface area (Å²) in [5.74, 6) is -0.636. The van der Waals surface area contributed by atoms with Gasteiger partial charge in [0.15, 0.2) is 6.61 Å². The summed E-state index contributed by atoms with van der Waals surface area (Å²) in [7, 11) is 0. The molecule has 0 amide bonds. The molecule has 0 radical (unpaired) electrons. The van der Waals surface area contributed by atoms with Crippen LogP contribution < -0.4 is 0 Å². The van der Waals surface area contributed by atoms with Gasteiger partial charge in [-0.2, -0.15) is 0 Å². The number of ether oxygens (including phenoxy) is 1. The van der Waals surface area contributed by atoms with Gasteiger partial charge >= 0.3 is 0 Å². The van der Waals surface area contributed by atoms with Crippen molar-refractivity contribution in [3.63, 3.8) is 0 Å². The molecular formula is C12H9NO4. The summed E-state index contributed by atoms with van der Waals surface area (Å²) in [5, 5.41) is 10.4. The van der Waals surface area contributed by atoms with Crippen molar-refractivity contribution in [2.45, 2.75) is 0 Å². The summed E-state index contributed by atoms with van der Waals surface area (Å²) in [4.78, 5) is 25.6. The Kier molecular flexibility index (Phi) is 3.00. The van der Waals surface area contributed by atoms with Crippen molar-refractivity contribution in [3.05, 3.63) is 36.0 Å². The molecule has 0 unspecified atom stereocenters. The molecule has 0 bridgehead atoms. The van der Waals surface area contributed by atoms with Crippen LogP contribution in [0, 0.1) is 0 Å². The zero-order valence-corrected chi connectivity index (χ0v) is 8.79. The summed E-state index contributed by atoms with van der Waals surface area (Å²) in [6.45, 7) is -0.222. The topological polar surface area (TPSA) is 76.5 Å². The second kappa shape index (κ2) is 4.61. The fourth-order valence-corrected chi connectivity index (χ4v) is 1.52. The van der Waals surface area contributed by atoms with Crippen LogP contribution in [0.15, 0.2) is 30.5 Å². The maximum absolute atomic E-state index is 11.6. The number of aromatic hydroxyl groups is 1. The SMILES string of the molecule is O=COCC(=O)c1cnc2ccccc2c1O. The monoisotopic (exact) mass is 231 g/mol. The molecule has 0 fully saturated rings. The standard InChI is InChI=1S/C12H9NO4/c14-7-17-6-11(15)9-5-13-10-4-2-1-3-8(10)12(9)16/h1-5,7H,6H2,(H,13,16). The first-order valence-corrected chi connectivity index (χ1v) is 4.89. The maximum atomic E-state index is 11.6. The molecule has 17 heavy (non-hydrogen) atoms. The molecule has 0 atom stereocenters. The van der Waals surface area contributed by atoms with E-state index < -0.39 is 12.4 Å². The highest BCUT2D eigenvalue weighted by Crippen LogP contribution is 2.26. The Labute approximate surface area is 96.7 Å². The van der Waals surface area contributed by atoms with Crippen LogP contribution in [0.2, 0.25) is 0 Å². The minimum Gasteiger partial charge on any atom is -0.506 e. The van der Waals surface area contributed by atoms with E-state index >= 15 is 0 Å². The molecule has 2 rings (SSSR count). The Morgan fingerprint density at radius 1 is 1.41 bits per heavy atom. The molecule has 0 spiro atoms. The minimum absolute atomic E-state index is 0.0468. The Balaban J connectivity index is 2.45. The quantitative estimate of drug-likeness (QED) is 0.633. The number of Topliss-reactive ketones (excluding diaryl/α,β-unsaturated/α-hetero) is 1. The van der Waals surface area contributed by atoms with Crippen molar-refractivity contribution >= 4 is 23.2 Å². The van der Waals surface area contributed by atoms with Crippen molar-refractivity contribution in [1.82, 2.24) is 4.98 Å². The van der Waals surface area contributed by atoms with E-state index in [0.29, 0.717) is 10.9 Å². The summed E-state index contributed by atoms with van der Waals surface area (Å²) in [6.07, 6.45) is 1.27. The smallest absolute Gasteiger partial charge is 0.293 e. The van der Waals surface area contributed by atoms with Crippen LogP contribution in [0.3, 0.4) is 0 Å². The van der Waals surface area contributed by atoms with E-state index in [2.05, 4.69) is 9.72 Å². The van der Waals surface area contributed by atoms with E-state index in [1.165, 1.54) is 6.20 Å². The molecule has 0 aliphatic carbocycles. The van der Waals surface area contributed by atoms with Gasteiger partial charge in [-0.05, 0) is 12.1 Å². The van der Waals surface area contributed by atoms with Gasteiger partial charge in [-0.25, -0.2) is 0 Å². The van der Waals surface area contributed by atoms with Crippen LogP contribution in [0.25, 0.3) is 10.9 Å². The normalized spacial score (nSPS) is 10.1. The lowest BCUT2D eigenvalue weighted by atomic mass is 10.1. The molecule has 0 aliphatic rings. The van der Waals surface area contributed by atoms with Crippen LogP contribution in [0.1, 0.15) is 10.4 Å². The number of carbonyl (C=O) groups excluding carboxylic acids is 2. The number of hydrogen-bond acceptors (Lipinski definition) is 5. The van der Waals surface area contributed by atoms with Crippen LogP contribution in [-0.2, 0) is 9.53 Å². The van der Waals surface area contributed by atoms with Gasteiger partial charge in [0.05, 0.1) is 11.1 Å². The summed E-state index contributed by atoms with van der Waals surface area (Å²) >= 11 is 0. The van der Waals surface area contributed by atoms with E-state index in [-0.39, 0.29) is 17.8 Å². The molecule has 5 nitrogen and oxygen atoms in total. The lowest BCUT2D eigenvalue weighted by Crippen LogP contribution is -2.09. The fourth-order valence-electron chi connectivity index (χ4n) is 1.52. The number of hydrogen-bond donors (Lipinski definition) is 1. The molecular weight excluding hydrogens is 222 g/mol. The van der Waals surface area contributed by atoms with Crippen molar-refractivity contribution in [3.8, 4) is 5.75 Å². The van der Waals surface area contributed by atoms with Gasteiger partial charge in [-0.1, -0.05) is 12.1 Å². The molecule has 1 aromatic carbocycles. The van der Waals surface area contributed by atoms with Crippen molar-refractivity contribution in [2.24, 2.45) is 0 Å². The first-order valence-electron chi connectivity index (χ1n) is 4.89. The summed E-state index contributed by atoms with van der Waals surface area (Å²) < 4.78 is 4.35. The largest absolute Gasteiger partial charge is 0.506 e. The second-order valence-corrected chi connectivity index (χ2v) is 3.37. The van der Waals surface area contributed by atoms with Gasteiger partial charge in [-0.3, -0.25) is 14.6 Å². The van der Waals surface area contributed by atoms with E-state index in [4.69, 9.17) is 0 Å². The molecule has 0 aliphatic heterocycles. The Morgan fingerprint density at radius 2 is 2.18 bits per heavy atom. The van der Waals surface area contributed by atoms with Crippen LogP contribution >= 0.6 is 0 Å². The Hall–Kier alpha value is -2.43. The van der Waals surface area contributed by atoms with Gasteiger partial charge in [-0.15, -0.1) is 0 Å². The van der Waals surface area contributed by atoms with Crippen molar-refractivity contribution < 1.29 is 19.4 Å². The van der Waals surface area contributed by atoms with E-state index in [1.54, 1.807) is 24.3 Å². The average Bonchev–Trinajstić information content (AvgIpc) is 2.37. The predicted octanol–water partition coefficient (Wildman–Crippen LogP) is 1.30. The lowest BCUT2D eigenvalue weighted by Gasteiger charge is -2.05. The Bertz CT molecular complexity index is 580. The molecule has 1 aromatic heterocycles. The number of benzene rings is 1. The molecule has 1 heterocycles. The van der Waals surface area contributed by atoms with E-state index in [1.807, 2.05) is 0 Å². The molecule has 86 valence electrons. The number of carbonyl (C=O) groups is 2. The van der Waals surface area contributed by atoms with Gasteiger partial charge in [0.1, 0.15) is 5.75 Å². The third-order valence-electron chi connectivity index (χ3n) is 2.33.